The van der Waals surface area contributed by atoms with Crippen molar-refractivity contribution in [2.24, 2.45) is 0 Å². The smallest absolute Gasteiger partial charge is 0.376 e. The molecule has 0 aliphatic heterocycles. The van der Waals surface area contributed by atoms with E-state index in [0.29, 0.717) is 0 Å². The first kappa shape index (κ1) is 14.5. The maximum atomic E-state index is 11.0. The van der Waals surface area contributed by atoms with Crippen molar-refractivity contribution in [1.29, 1.82) is 0 Å². The van der Waals surface area contributed by atoms with Gasteiger partial charge in [0, 0.05) is 0 Å². The topological polar surface area (TPSA) is 141 Å². The Kier molecular flexibility index (Phi) is 6.21. The minimum Gasteiger partial charge on any atom is -0.481 e. The predicted octanol–water partition coefficient (Wildman–Crippen LogP) is -1.19. The Morgan fingerprint density at radius 3 is 2.19 bits per heavy atom. The quantitative estimate of drug-likeness (QED) is 0.417. The minimum atomic E-state index is -2.13. The molecular weight excluding hydrogens is 241 g/mol. The van der Waals surface area contributed by atoms with Crippen LogP contribution in [0.4, 0.5) is 0 Å². The van der Waals surface area contributed by atoms with Gasteiger partial charge in [0.2, 0.25) is 12.5 Å². The predicted molar refractivity (Wildman–Crippen MR) is 51.4 cm³/mol. The number of aliphatic carboxylic acids is 2. The summed E-state index contributed by atoms with van der Waals surface area (Å²) in [5.74, 6) is -3.74. The van der Waals surface area contributed by atoms with Crippen LogP contribution in [0.15, 0.2) is 0 Å². The Hall–Kier alpha value is -1.53. The molecule has 8 nitrogen and oxygen atoms in total. The fourth-order valence-corrected chi connectivity index (χ4v) is 1.34. The van der Waals surface area contributed by atoms with Crippen molar-refractivity contribution < 1.29 is 34.3 Å². The summed E-state index contributed by atoms with van der Waals surface area (Å²) in [6, 6.07) is -1.56. The van der Waals surface area contributed by atoms with Gasteiger partial charge in [-0.1, -0.05) is 4.57 Å². The van der Waals surface area contributed by atoms with E-state index in [9.17, 15) is 18.9 Å². The standard InChI is InChI=1S/C7H10NO7P/c9-3-16(15)2-5(10)8-4(7(13)14)1-6(11)12/h4,9H,1-3H2,(H2-,8,10,11,12,13,14)/p+1/t4-/m0/s1. The molecule has 0 radical (unpaired) electrons. The van der Waals surface area contributed by atoms with E-state index in [4.69, 9.17) is 15.3 Å². The van der Waals surface area contributed by atoms with Crippen molar-refractivity contribution in [2.75, 3.05) is 12.5 Å². The second kappa shape index (κ2) is 6.86. The van der Waals surface area contributed by atoms with Gasteiger partial charge < -0.3 is 20.6 Å². The zero-order valence-corrected chi connectivity index (χ0v) is 9.01. The van der Waals surface area contributed by atoms with Gasteiger partial charge in [0.1, 0.15) is 6.04 Å². The molecule has 0 aromatic carbocycles. The number of rotatable bonds is 7. The zero-order chi connectivity index (χ0) is 12.7. The third kappa shape index (κ3) is 6.05. The molecule has 0 aromatic rings. The number of aliphatic hydroxyl groups is 1. The van der Waals surface area contributed by atoms with Crippen LogP contribution in [0.25, 0.3) is 0 Å². The maximum Gasteiger partial charge on any atom is 0.376 e. The Labute approximate surface area is 91.1 Å². The van der Waals surface area contributed by atoms with Crippen LogP contribution in [0, 0.1) is 0 Å². The van der Waals surface area contributed by atoms with Crippen LogP contribution in [0.3, 0.4) is 0 Å². The first-order valence-electron chi connectivity index (χ1n) is 4.13. The molecule has 4 N–H and O–H groups in total. The van der Waals surface area contributed by atoms with Gasteiger partial charge in [-0.15, -0.1) is 0 Å². The average molecular weight is 252 g/mol. The molecule has 0 aliphatic carbocycles. The van der Waals surface area contributed by atoms with Crippen LogP contribution in [0.1, 0.15) is 6.42 Å². The van der Waals surface area contributed by atoms with Gasteiger partial charge in [-0.25, -0.2) is 4.79 Å². The summed E-state index contributed by atoms with van der Waals surface area (Å²) in [7, 11) is -2.13. The summed E-state index contributed by atoms with van der Waals surface area (Å²) in [4.78, 5) is 31.8. The molecule has 90 valence electrons. The SMILES string of the molecule is O=C(O)C[C@H](NC(=O)C[P+](=O)CO)C(=O)O. The molecule has 0 saturated carbocycles. The van der Waals surface area contributed by atoms with Crippen LogP contribution >= 0.6 is 7.80 Å². The fourth-order valence-electron chi connectivity index (χ4n) is 0.825. The molecule has 0 heterocycles. The number of hydrogen-bond donors (Lipinski definition) is 4. The van der Waals surface area contributed by atoms with Gasteiger partial charge in [0.05, 0.1) is 6.42 Å². The lowest BCUT2D eigenvalue weighted by Gasteiger charge is -2.09. The summed E-state index contributed by atoms with van der Waals surface area (Å²) in [6.45, 7) is 0. The van der Waals surface area contributed by atoms with E-state index in [-0.39, 0.29) is 0 Å². The summed E-state index contributed by atoms with van der Waals surface area (Å²) < 4.78 is 10.8. The molecule has 16 heavy (non-hydrogen) atoms. The van der Waals surface area contributed by atoms with Gasteiger partial charge in [0.15, 0.2) is 0 Å². The number of carboxylic acids is 2. The monoisotopic (exact) mass is 252 g/mol. The van der Waals surface area contributed by atoms with Crippen LogP contribution in [0.5, 0.6) is 0 Å². The largest absolute Gasteiger partial charge is 0.481 e. The molecule has 9 heteroatoms. The van der Waals surface area contributed by atoms with E-state index < -0.39 is 50.6 Å². The molecule has 0 aliphatic rings. The third-order valence-corrected chi connectivity index (χ3v) is 2.45. The molecule has 0 rings (SSSR count). The normalized spacial score (nSPS) is 12.7. The summed E-state index contributed by atoms with van der Waals surface area (Å²) >= 11 is 0. The van der Waals surface area contributed by atoms with E-state index in [1.807, 2.05) is 5.32 Å². The fraction of sp³-hybridized carbons (Fsp3) is 0.571. The van der Waals surface area contributed by atoms with Crippen LogP contribution in [-0.4, -0.2) is 51.7 Å². The average Bonchev–Trinajstić information content (AvgIpc) is 2.15. The van der Waals surface area contributed by atoms with E-state index in [1.165, 1.54) is 0 Å². The van der Waals surface area contributed by atoms with E-state index in [1.54, 1.807) is 0 Å². The number of hydrogen-bond acceptors (Lipinski definition) is 5. The molecule has 0 bridgehead atoms. The third-order valence-electron chi connectivity index (χ3n) is 1.49. The van der Waals surface area contributed by atoms with Gasteiger partial charge >= 0.3 is 19.7 Å². The van der Waals surface area contributed by atoms with Crippen molar-refractivity contribution >= 4 is 25.6 Å². The number of aliphatic hydroxyl groups excluding tert-OH is 1. The Balaban J connectivity index is 4.29. The van der Waals surface area contributed by atoms with Gasteiger partial charge in [-0.2, -0.15) is 0 Å². The summed E-state index contributed by atoms with van der Waals surface area (Å²) in [6.07, 6.45) is -1.98. The summed E-state index contributed by atoms with van der Waals surface area (Å²) in [5, 5.41) is 27.2. The van der Waals surface area contributed by atoms with Crippen molar-refractivity contribution in [3.05, 3.63) is 0 Å². The molecular formula is C7H11NO7P+. The number of carbonyl (C=O) groups is 3. The molecule has 0 spiro atoms. The molecule has 1 unspecified atom stereocenters. The zero-order valence-electron chi connectivity index (χ0n) is 8.12. The van der Waals surface area contributed by atoms with Crippen molar-refractivity contribution in [3.8, 4) is 0 Å². The second-order valence-electron chi connectivity index (χ2n) is 2.84. The van der Waals surface area contributed by atoms with E-state index in [2.05, 4.69) is 0 Å². The van der Waals surface area contributed by atoms with Crippen molar-refractivity contribution in [1.82, 2.24) is 5.32 Å². The Bertz CT molecular complexity index is 316. The van der Waals surface area contributed by atoms with Crippen molar-refractivity contribution in [2.45, 2.75) is 12.5 Å². The highest BCUT2D eigenvalue weighted by molar-refractivity contribution is 7.45. The van der Waals surface area contributed by atoms with Gasteiger partial charge in [-0.05, 0) is 0 Å². The first-order chi connectivity index (χ1) is 7.36. The Morgan fingerprint density at radius 1 is 1.25 bits per heavy atom. The first-order valence-corrected chi connectivity index (χ1v) is 5.76. The van der Waals surface area contributed by atoms with Crippen LogP contribution < -0.4 is 5.32 Å². The van der Waals surface area contributed by atoms with E-state index >= 15 is 0 Å². The highest BCUT2D eigenvalue weighted by Gasteiger charge is 2.26. The molecule has 0 saturated heterocycles. The van der Waals surface area contributed by atoms with Gasteiger partial charge in [0.25, 0.3) is 5.91 Å². The second-order valence-corrected chi connectivity index (χ2v) is 4.40. The Morgan fingerprint density at radius 2 is 1.81 bits per heavy atom. The minimum absolute atomic E-state index is 0.533. The lowest BCUT2D eigenvalue weighted by molar-refractivity contribution is -0.147. The summed E-state index contributed by atoms with van der Waals surface area (Å²) in [5.41, 5.74) is 0. The van der Waals surface area contributed by atoms with Crippen molar-refractivity contribution in [3.63, 3.8) is 0 Å². The number of nitrogens with one attached hydrogen (secondary N) is 1. The molecule has 0 aromatic heterocycles. The molecule has 1 amide bonds. The number of carbonyl (C=O) groups excluding carboxylic acids is 1. The molecule has 2 atom stereocenters. The highest BCUT2D eigenvalue weighted by atomic mass is 31.1. The highest BCUT2D eigenvalue weighted by Crippen LogP contribution is 2.16. The number of amides is 1. The lowest BCUT2D eigenvalue weighted by Crippen LogP contribution is -2.43. The molecule has 0 fully saturated rings. The maximum absolute atomic E-state index is 11.0. The number of carboxylic acid groups (broad SMARTS) is 2. The van der Waals surface area contributed by atoms with Gasteiger partial charge in [-0.3, -0.25) is 9.59 Å². The van der Waals surface area contributed by atoms with E-state index in [0.717, 1.165) is 0 Å². The van der Waals surface area contributed by atoms with Crippen LogP contribution in [-0.2, 0) is 18.9 Å². The van der Waals surface area contributed by atoms with Crippen LogP contribution in [0.2, 0.25) is 0 Å². The lowest BCUT2D eigenvalue weighted by atomic mass is 10.2.